The molecule has 0 radical (unpaired) electrons. The smallest absolute Gasteiger partial charge is 0.254 e. The molecular formula is C17H22N4O. The van der Waals surface area contributed by atoms with Gasteiger partial charge in [-0.1, -0.05) is 12.1 Å². The number of carbonyl (C=O) groups is 1. The number of nitrogens with zero attached hydrogens (tertiary/aromatic N) is 3. The zero-order valence-corrected chi connectivity index (χ0v) is 12.9. The van der Waals surface area contributed by atoms with E-state index in [2.05, 4.69) is 11.9 Å². The summed E-state index contributed by atoms with van der Waals surface area (Å²) in [5, 5.41) is 0. The Morgan fingerprint density at radius 1 is 1.36 bits per heavy atom. The Morgan fingerprint density at radius 2 is 2.14 bits per heavy atom. The van der Waals surface area contributed by atoms with Gasteiger partial charge in [0.1, 0.15) is 0 Å². The highest BCUT2D eigenvalue weighted by Crippen LogP contribution is 2.24. The number of nitrogens with two attached hydrogens (primary N) is 1. The van der Waals surface area contributed by atoms with Crippen molar-refractivity contribution < 1.29 is 4.79 Å². The Bertz CT molecular complexity index is 621. The Labute approximate surface area is 130 Å². The molecule has 2 unspecified atom stereocenters. The molecule has 5 heteroatoms. The first kappa shape index (κ1) is 14.8. The van der Waals surface area contributed by atoms with Crippen molar-refractivity contribution in [1.29, 1.82) is 0 Å². The first-order valence-electron chi connectivity index (χ1n) is 7.73. The van der Waals surface area contributed by atoms with E-state index in [1.165, 1.54) is 0 Å². The van der Waals surface area contributed by atoms with Crippen molar-refractivity contribution in [1.82, 2.24) is 14.5 Å². The van der Waals surface area contributed by atoms with Gasteiger partial charge in [-0.2, -0.15) is 0 Å². The van der Waals surface area contributed by atoms with Crippen molar-refractivity contribution >= 4 is 5.91 Å². The molecule has 0 bridgehead atoms. The highest BCUT2D eigenvalue weighted by Gasteiger charge is 2.31. The summed E-state index contributed by atoms with van der Waals surface area (Å²) in [7, 11) is 0. The van der Waals surface area contributed by atoms with Crippen LogP contribution in [0.5, 0.6) is 0 Å². The number of carbonyl (C=O) groups excluding carboxylic acids is 1. The Balaban J connectivity index is 1.68. The number of hydrogen-bond donors (Lipinski definition) is 1. The molecule has 3 rings (SSSR count). The highest BCUT2D eigenvalue weighted by atomic mass is 16.2. The van der Waals surface area contributed by atoms with E-state index in [9.17, 15) is 4.79 Å². The minimum Gasteiger partial charge on any atom is -0.336 e. The van der Waals surface area contributed by atoms with Crippen LogP contribution in [0.4, 0.5) is 0 Å². The zero-order valence-electron chi connectivity index (χ0n) is 12.9. The first-order valence-corrected chi connectivity index (χ1v) is 7.73. The van der Waals surface area contributed by atoms with Crippen molar-refractivity contribution in [2.75, 3.05) is 13.1 Å². The summed E-state index contributed by atoms with van der Waals surface area (Å²) in [5.41, 5.74) is 7.64. The van der Waals surface area contributed by atoms with Crippen LogP contribution in [-0.4, -0.2) is 39.5 Å². The quantitative estimate of drug-likeness (QED) is 0.935. The largest absolute Gasteiger partial charge is 0.336 e. The minimum atomic E-state index is 0.109. The number of imidazole rings is 1. The van der Waals surface area contributed by atoms with E-state index in [1.54, 1.807) is 12.5 Å². The lowest BCUT2D eigenvalue weighted by atomic mass is 10.1. The van der Waals surface area contributed by atoms with Gasteiger partial charge in [0.05, 0.1) is 6.33 Å². The number of likely N-dealkylation sites (tertiary alicyclic amines) is 1. The van der Waals surface area contributed by atoms with Crippen molar-refractivity contribution in [3.8, 4) is 0 Å². The molecule has 0 spiro atoms. The lowest BCUT2D eigenvalue weighted by molar-refractivity contribution is 0.0743. The van der Waals surface area contributed by atoms with Gasteiger partial charge in [0.2, 0.25) is 0 Å². The number of amides is 1. The van der Waals surface area contributed by atoms with Gasteiger partial charge >= 0.3 is 0 Å². The lowest BCUT2D eigenvalue weighted by Crippen LogP contribution is -2.34. The van der Waals surface area contributed by atoms with Crippen LogP contribution in [0.2, 0.25) is 0 Å². The third-order valence-corrected chi connectivity index (χ3v) is 4.38. The van der Waals surface area contributed by atoms with Gasteiger partial charge in [0, 0.05) is 37.1 Å². The predicted molar refractivity (Wildman–Crippen MR) is 85.4 cm³/mol. The molecule has 0 aliphatic carbocycles. The molecule has 1 fully saturated rings. The van der Waals surface area contributed by atoms with Crippen molar-refractivity contribution in [3.63, 3.8) is 0 Å². The normalized spacial score (nSPS) is 21.3. The van der Waals surface area contributed by atoms with Crippen molar-refractivity contribution in [2.24, 2.45) is 11.7 Å². The lowest BCUT2D eigenvalue weighted by Gasteiger charge is -2.21. The zero-order chi connectivity index (χ0) is 15.5. The van der Waals surface area contributed by atoms with E-state index in [0.717, 1.165) is 30.6 Å². The standard InChI is InChI=1S/C17H22N4O/c1-13-8-15(9-18)11-21(13)17(22)16-4-2-14(3-5-16)10-20-7-6-19-12-20/h2-7,12-13,15H,8-11,18H2,1H3. The van der Waals surface area contributed by atoms with Crippen LogP contribution in [0.25, 0.3) is 0 Å². The summed E-state index contributed by atoms with van der Waals surface area (Å²) < 4.78 is 2.01. The van der Waals surface area contributed by atoms with Crippen LogP contribution in [0.15, 0.2) is 43.0 Å². The molecule has 1 aromatic carbocycles. The number of rotatable bonds is 4. The Morgan fingerprint density at radius 3 is 2.73 bits per heavy atom. The molecule has 1 aromatic heterocycles. The molecule has 0 saturated carbocycles. The minimum absolute atomic E-state index is 0.109. The molecular weight excluding hydrogens is 276 g/mol. The molecule has 116 valence electrons. The molecule has 2 heterocycles. The second kappa shape index (κ2) is 6.32. The predicted octanol–water partition coefficient (Wildman–Crippen LogP) is 1.74. The molecule has 2 atom stereocenters. The van der Waals surface area contributed by atoms with Gasteiger partial charge in [-0.05, 0) is 43.5 Å². The van der Waals surface area contributed by atoms with Crippen LogP contribution in [0.3, 0.4) is 0 Å². The van der Waals surface area contributed by atoms with Crippen molar-refractivity contribution in [2.45, 2.75) is 25.9 Å². The van der Waals surface area contributed by atoms with Crippen LogP contribution >= 0.6 is 0 Å². The average molecular weight is 298 g/mol. The van der Waals surface area contributed by atoms with E-state index in [-0.39, 0.29) is 11.9 Å². The van der Waals surface area contributed by atoms with E-state index in [4.69, 9.17) is 5.73 Å². The second-order valence-corrected chi connectivity index (χ2v) is 6.08. The number of hydrogen-bond acceptors (Lipinski definition) is 3. The summed E-state index contributed by atoms with van der Waals surface area (Å²) in [4.78, 5) is 18.6. The first-order chi connectivity index (χ1) is 10.7. The summed E-state index contributed by atoms with van der Waals surface area (Å²) in [6, 6.07) is 8.11. The molecule has 1 aliphatic heterocycles. The van der Waals surface area contributed by atoms with Gasteiger partial charge in [-0.15, -0.1) is 0 Å². The summed E-state index contributed by atoms with van der Waals surface area (Å²) in [5.74, 6) is 0.539. The molecule has 22 heavy (non-hydrogen) atoms. The number of benzene rings is 1. The van der Waals surface area contributed by atoms with E-state index >= 15 is 0 Å². The Kier molecular flexibility index (Phi) is 4.24. The Hall–Kier alpha value is -2.14. The number of aromatic nitrogens is 2. The molecule has 1 aliphatic rings. The summed E-state index contributed by atoms with van der Waals surface area (Å²) >= 11 is 0. The fraction of sp³-hybridized carbons (Fsp3) is 0.412. The second-order valence-electron chi connectivity index (χ2n) is 6.08. The van der Waals surface area contributed by atoms with Crippen LogP contribution < -0.4 is 5.73 Å². The average Bonchev–Trinajstić information content (AvgIpc) is 3.17. The topological polar surface area (TPSA) is 64.2 Å². The van der Waals surface area contributed by atoms with Gasteiger partial charge < -0.3 is 15.2 Å². The molecule has 2 aromatic rings. The fourth-order valence-corrected chi connectivity index (χ4v) is 3.11. The summed E-state index contributed by atoms with van der Waals surface area (Å²) in [6.45, 7) is 4.29. The van der Waals surface area contributed by atoms with Gasteiger partial charge in [-0.3, -0.25) is 4.79 Å². The molecule has 1 amide bonds. The fourth-order valence-electron chi connectivity index (χ4n) is 3.11. The van der Waals surface area contributed by atoms with Crippen LogP contribution in [0.1, 0.15) is 29.3 Å². The van der Waals surface area contributed by atoms with Gasteiger partial charge in [0.25, 0.3) is 5.91 Å². The SMILES string of the molecule is CC1CC(CN)CN1C(=O)c1ccc(Cn2ccnc2)cc1. The van der Waals surface area contributed by atoms with Crippen LogP contribution in [0, 0.1) is 5.92 Å². The molecule has 2 N–H and O–H groups in total. The molecule has 5 nitrogen and oxygen atoms in total. The maximum atomic E-state index is 12.6. The third-order valence-electron chi connectivity index (χ3n) is 4.38. The van der Waals surface area contributed by atoms with E-state index in [1.807, 2.05) is 39.9 Å². The van der Waals surface area contributed by atoms with Crippen LogP contribution in [-0.2, 0) is 6.54 Å². The molecule has 1 saturated heterocycles. The maximum absolute atomic E-state index is 12.6. The van der Waals surface area contributed by atoms with E-state index in [0.29, 0.717) is 12.5 Å². The monoisotopic (exact) mass is 298 g/mol. The van der Waals surface area contributed by atoms with Crippen molar-refractivity contribution in [3.05, 3.63) is 54.1 Å². The third kappa shape index (κ3) is 3.04. The maximum Gasteiger partial charge on any atom is 0.254 e. The highest BCUT2D eigenvalue weighted by molar-refractivity contribution is 5.94. The summed E-state index contributed by atoms with van der Waals surface area (Å²) in [6.07, 6.45) is 6.48. The van der Waals surface area contributed by atoms with Gasteiger partial charge in [0.15, 0.2) is 0 Å². The van der Waals surface area contributed by atoms with Gasteiger partial charge in [-0.25, -0.2) is 4.98 Å². The van der Waals surface area contributed by atoms with E-state index < -0.39 is 0 Å².